The highest BCUT2D eigenvalue weighted by Crippen LogP contribution is 2.66. The van der Waals surface area contributed by atoms with E-state index >= 15 is 0 Å². The quantitative estimate of drug-likeness (QED) is 0.227. The van der Waals surface area contributed by atoms with Crippen LogP contribution in [0, 0.1) is 11.8 Å². The van der Waals surface area contributed by atoms with Gasteiger partial charge in [-0.1, -0.05) is 42.5 Å². The van der Waals surface area contributed by atoms with E-state index in [-0.39, 0.29) is 36.2 Å². The summed E-state index contributed by atoms with van der Waals surface area (Å²) in [6.45, 7) is 9.13. The molecule has 3 heterocycles. The first-order valence-electron chi connectivity index (χ1n) is 13.3. The zero-order valence-corrected chi connectivity index (χ0v) is 22.2. The van der Waals surface area contributed by atoms with Gasteiger partial charge in [0, 0.05) is 31.5 Å². The number of likely N-dealkylation sites (tertiary alicyclic amines) is 1. The van der Waals surface area contributed by atoms with Crippen LogP contribution >= 0.6 is 11.8 Å². The van der Waals surface area contributed by atoms with Crippen molar-refractivity contribution >= 4 is 29.5 Å². The van der Waals surface area contributed by atoms with E-state index in [2.05, 4.69) is 13.2 Å². The lowest BCUT2D eigenvalue weighted by Gasteiger charge is -2.37. The van der Waals surface area contributed by atoms with Crippen LogP contribution in [0.5, 0.6) is 0 Å². The summed E-state index contributed by atoms with van der Waals surface area (Å²) >= 11 is 1.66. The number of carbonyl (C=O) groups excluding carboxylic acids is 3. The van der Waals surface area contributed by atoms with Gasteiger partial charge in [0.1, 0.15) is 6.04 Å². The number of hydrogen-bond donors (Lipinski definition) is 1. The fourth-order valence-electron chi connectivity index (χ4n) is 6.22. The number of hydrogen-bond acceptors (Lipinski definition) is 6. The average Bonchev–Trinajstić information content (AvgIpc) is 3.54. The molecule has 1 spiro atoms. The first kappa shape index (κ1) is 27.5. The molecule has 7 nitrogen and oxygen atoms in total. The summed E-state index contributed by atoms with van der Waals surface area (Å²) in [5.74, 6) is -1.62. The smallest absolute Gasteiger partial charge is 0.310 e. The Balaban J connectivity index is 1.64. The third kappa shape index (κ3) is 5.36. The number of aliphatic hydroxyl groups excluding tert-OH is 1. The second-order valence-electron chi connectivity index (χ2n) is 10.1. The Bertz CT molecular complexity index is 1000. The monoisotopic (exact) mass is 526 g/mol. The summed E-state index contributed by atoms with van der Waals surface area (Å²) in [7, 11) is 0. The highest BCUT2D eigenvalue weighted by Gasteiger charge is 2.74. The number of nitrogens with zero attached hydrogens (tertiary/aromatic N) is 2. The van der Waals surface area contributed by atoms with Gasteiger partial charge in [0.2, 0.25) is 11.8 Å². The maximum atomic E-state index is 14.3. The Morgan fingerprint density at radius 2 is 1.97 bits per heavy atom. The minimum Gasteiger partial charge on any atom is -0.465 e. The van der Waals surface area contributed by atoms with E-state index in [1.54, 1.807) is 33.7 Å². The lowest BCUT2D eigenvalue weighted by molar-refractivity contribution is -0.154. The standard InChI is InChI=1S/C29H38N2O5S/c1-3-5-19-36-28(35)23-22-14-15-29(37-22)24(23)26(33)31(17-10-7-11-18-32)25(29)27(34)30(16-4-2)20-21-12-8-6-9-13-21/h3-4,6,8-9,12-13,22-25,32H,1-2,5,7,10-11,14-20H2/t22-,23+,24-,25?,29?/m0/s1. The largest absolute Gasteiger partial charge is 0.465 e. The molecule has 0 aliphatic carbocycles. The molecule has 1 aromatic carbocycles. The highest BCUT2D eigenvalue weighted by molar-refractivity contribution is 8.02. The number of ether oxygens (including phenoxy) is 1. The van der Waals surface area contributed by atoms with Gasteiger partial charge in [0.05, 0.1) is 23.2 Å². The summed E-state index contributed by atoms with van der Waals surface area (Å²) < 4.78 is 4.92. The summed E-state index contributed by atoms with van der Waals surface area (Å²) in [5.41, 5.74) is 1.01. The minimum atomic E-state index is -0.635. The van der Waals surface area contributed by atoms with Gasteiger partial charge in [0.25, 0.3) is 0 Å². The molecule has 3 aliphatic heterocycles. The number of fused-ring (bicyclic) bond motifs is 1. The van der Waals surface area contributed by atoms with Gasteiger partial charge < -0.3 is 19.6 Å². The normalized spacial score (nSPS) is 27.7. The maximum Gasteiger partial charge on any atom is 0.310 e. The molecular formula is C29H38N2O5S. The molecule has 37 heavy (non-hydrogen) atoms. The zero-order valence-electron chi connectivity index (χ0n) is 21.4. The van der Waals surface area contributed by atoms with Gasteiger partial charge in [-0.3, -0.25) is 14.4 Å². The Labute approximate surface area is 223 Å². The molecule has 5 atom stereocenters. The van der Waals surface area contributed by atoms with E-state index < -0.39 is 22.6 Å². The lowest BCUT2D eigenvalue weighted by atomic mass is 9.71. The molecule has 4 rings (SSSR count). The van der Waals surface area contributed by atoms with Crippen LogP contribution in [-0.2, 0) is 25.7 Å². The second-order valence-corrected chi connectivity index (χ2v) is 11.7. The minimum absolute atomic E-state index is 0.0148. The van der Waals surface area contributed by atoms with Crippen LogP contribution in [0.25, 0.3) is 0 Å². The molecule has 3 aliphatic rings. The molecule has 2 amide bonds. The number of rotatable bonds is 14. The molecule has 2 unspecified atom stereocenters. The van der Waals surface area contributed by atoms with Crippen molar-refractivity contribution in [2.45, 2.75) is 61.1 Å². The third-order valence-electron chi connectivity index (χ3n) is 7.81. The van der Waals surface area contributed by atoms with Crippen molar-refractivity contribution in [3.05, 3.63) is 61.2 Å². The molecule has 8 heteroatoms. The summed E-state index contributed by atoms with van der Waals surface area (Å²) in [5, 5.41) is 9.20. The Morgan fingerprint density at radius 1 is 1.19 bits per heavy atom. The number of esters is 1. The Kier molecular flexibility index (Phi) is 9.13. The summed E-state index contributed by atoms with van der Waals surface area (Å²) in [6.07, 6.45) is 7.62. The van der Waals surface area contributed by atoms with E-state index in [4.69, 9.17) is 4.74 Å². The Morgan fingerprint density at radius 3 is 2.68 bits per heavy atom. The van der Waals surface area contributed by atoms with Crippen molar-refractivity contribution in [2.75, 3.05) is 26.3 Å². The van der Waals surface area contributed by atoms with Crippen molar-refractivity contribution in [1.29, 1.82) is 0 Å². The highest BCUT2D eigenvalue weighted by atomic mass is 32.2. The lowest BCUT2D eigenvalue weighted by Crippen LogP contribution is -2.54. The molecule has 0 aromatic heterocycles. The molecule has 0 radical (unpaired) electrons. The molecule has 3 fully saturated rings. The number of amides is 2. The number of carbonyl (C=O) groups is 3. The topological polar surface area (TPSA) is 87.2 Å². The fourth-order valence-corrected chi connectivity index (χ4v) is 8.42. The summed E-state index contributed by atoms with van der Waals surface area (Å²) in [6, 6.07) is 9.18. The van der Waals surface area contributed by atoms with Crippen LogP contribution in [0.3, 0.4) is 0 Å². The van der Waals surface area contributed by atoms with Crippen molar-refractivity contribution in [1.82, 2.24) is 9.80 Å². The van der Waals surface area contributed by atoms with Gasteiger partial charge >= 0.3 is 5.97 Å². The van der Waals surface area contributed by atoms with E-state index in [0.717, 1.165) is 24.8 Å². The molecule has 3 saturated heterocycles. The molecule has 1 aromatic rings. The molecular weight excluding hydrogens is 488 g/mol. The first-order valence-corrected chi connectivity index (χ1v) is 14.2. The Hall–Kier alpha value is -2.58. The van der Waals surface area contributed by atoms with Crippen LogP contribution < -0.4 is 0 Å². The molecule has 2 bridgehead atoms. The van der Waals surface area contributed by atoms with Gasteiger partial charge in [-0.25, -0.2) is 0 Å². The predicted molar refractivity (Wildman–Crippen MR) is 145 cm³/mol. The van der Waals surface area contributed by atoms with Crippen molar-refractivity contribution in [2.24, 2.45) is 11.8 Å². The molecule has 1 N–H and O–H groups in total. The van der Waals surface area contributed by atoms with E-state index in [1.165, 1.54) is 0 Å². The van der Waals surface area contributed by atoms with E-state index in [9.17, 15) is 19.5 Å². The molecule has 0 saturated carbocycles. The van der Waals surface area contributed by atoms with Crippen LogP contribution in [0.1, 0.15) is 44.1 Å². The number of benzene rings is 1. The third-order valence-corrected chi connectivity index (χ3v) is 9.76. The predicted octanol–water partition coefficient (Wildman–Crippen LogP) is 3.57. The number of thioether (sulfide) groups is 1. The van der Waals surface area contributed by atoms with E-state index in [0.29, 0.717) is 38.9 Å². The van der Waals surface area contributed by atoms with Gasteiger partial charge in [-0.05, 0) is 44.1 Å². The van der Waals surface area contributed by atoms with Crippen molar-refractivity contribution in [3.63, 3.8) is 0 Å². The van der Waals surface area contributed by atoms with Crippen molar-refractivity contribution in [3.8, 4) is 0 Å². The van der Waals surface area contributed by atoms with E-state index in [1.807, 2.05) is 30.3 Å². The van der Waals surface area contributed by atoms with Crippen LogP contribution in [0.4, 0.5) is 0 Å². The molecule has 200 valence electrons. The van der Waals surface area contributed by atoms with Gasteiger partial charge in [-0.15, -0.1) is 24.9 Å². The second kappa shape index (κ2) is 12.3. The zero-order chi connectivity index (χ0) is 26.4. The van der Waals surface area contributed by atoms with Crippen LogP contribution in [0.2, 0.25) is 0 Å². The fraction of sp³-hybridized carbons (Fsp3) is 0.552. The SMILES string of the molecule is C=CCCOC(=O)[C@@H]1[C@@H]2CCC3(S2)C(C(=O)N(CC=C)Cc2ccccc2)N(CCCCCO)C(=O)[C@H]13. The van der Waals surface area contributed by atoms with Gasteiger partial charge in [-0.2, -0.15) is 0 Å². The maximum absolute atomic E-state index is 14.3. The average molecular weight is 527 g/mol. The first-order chi connectivity index (χ1) is 18.0. The number of unbranched alkanes of at least 4 members (excludes halogenated alkanes) is 2. The van der Waals surface area contributed by atoms with Crippen LogP contribution in [-0.4, -0.2) is 75.0 Å². The number of aliphatic hydroxyl groups is 1. The van der Waals surface area contributed by atoms with Gasteiger partial charge in [0.15, 0.2) is 0 Å². The summed E-state index contributed by atoms with van der Waals surface area (Å²) in [4.78, 5) is 45.0. The van der Waals surface area contributed by atoms with Crippen LogP contribution in [0.15, 0.2) is 55.6 Å². The van der Waals surface area contributed by atoms with Crippen molar-refractivity contribution < 1.29 is 24.2 Å².